The highest BCUT2D eigenvalue weighted by molar-refractivity contribution is 5.98. The maximum atomic E-state index is 12.1. The van der Waals surface area contributed by atoms with Gasteiger partial charge in [-0.3, -0.25) is 4.79 Å². The number of aryl methyl sites for hydroxylation is 1. The number of benzene rings is 2. The molecule has 0 saturated carbocycles. The van der Waals surface area contributed by atoms with E-state index in [2.05, 4.69) is 16.4 Å². The van der Waals surface area contributed by atoms with Crippen LogP contribution >= 0.6 is 0 Å². The summed E-state index contributed by atoms with van der Waals surface area (Å²) in [6, 6.07) is 17.5. The van der Waals surface area contributed by atoms with Crippen molar-refractivity contribution in [1.82, 2.24) is 10.3 Å². The molecule has 0 bridgehead atoms. The van der Waals surface area contributed by atoms with E-state index in [9.17, 15) is 4.79 Å². The van der Waals surface area contributed by atoms with Gasteiger partial charge in [-0.1, -0.05) is 29.8 Å². The van der Waals surface area contributed by atoms with Gasteiger partial charge in [0.25, 0.3) is 5.91 Å². The first-order chi connectivity index (χ1) is 10.7. The third-order valence-electron chi connectivity index (χ3n) is 3.42. The van der Waals surface area contributed by atoms with Gasteiger partial charge in [0.1, 0.15) is 18.1 Å². The zero-order valence-electron chi connectivity index (χ0n) is 12.4. The van der Waals surface area contributed by atoms with Crippen molar-refractivity contribution in [1.29, 1.82) is 0 Å². The number of carbonyl (C=O) groups is 1. The van der Waals surface area contributed by atoms with E-state index in [4.69, 9.17) is 4.74 Å². The summed E-state index contributed by atoms with van der Waals surface area (Å²) >= 11 is 0. The summed E-state index contributed by atoms with van der Waals surface area (Å²) in [7, 11) is 0. The van der Waals surface area contributed by atoms with Crippen LogP contribution in [0, 0.1) is 6.92 Å². The van der Waals surface area contributed by atoms with Crippen LogP contribution in [-0.4, -0.2) is 24.0 Å². The Balaban J connectivity index is 1.54. The summed E-state index contributed by atoms with van der Waals surface area (Å²) in [6.45, 7) is 2.93. The maximum Gasteiger partial charge on any atom is 0.267 e. The van der Waals surface area contributed by atoms with Crippen molar-refractivity contribution in [2.75, 3.05) is 13.2 Å². The Morgan fingerprint density at radius 2 is 1.95 bits per heavy atom. The lowest BCUT2D eigenvalue weighted by Gasteiger charge is -2.06. The fraction of sp³-hybridized carbons (Fsp3) is 0.167. The molecule has 0 unspecified atom stereocenters. The van der Waals surface area contributed by atoms with Crippen molar-refractivity contribution in [2.45, 2.75) is 6.92 Å². The molecule has 0 fully saturated rings. The van der Waals surface area contributed by atoms with Crippen molar-refractivity contribution in [3.05, 3.63) is 65.9 Å². The van der Waals surface area contributed by atoms with E-state index >= 15 is 0 Å². The van der Waals surface area contributed by atoms with Gasteiger partial charge in [0, 0.05) is 10.9 Å². The first kappa shape index (κ1) is 14.2. The minimum Gasteiger partial charge on any atom is -0.492 e. The van der Waals surface area contributed by atoms with Gasteiger partial charge in [-0.15, -0.1) is 0 Å². The molecular weight excluding hydrogens is 276 g/mol. The summed E-state index contributed by atoms with van der Waals surface area (Å²) in [5.74, 6) is 0.684. The molecule has 0 saturated heterocycles. The topological polar surface area (TPSA) is 54.1 Å². The molecule has 0 radical (unpaired) electrons. The lowest BCUT2D eigenvalue weighted by Crippen LogP contribution is -2.28. The molecule has 3 rings (SSSR count). The van der Waals surface area contributed by atoms with Crippen LogP contribution in [0.1, 0.15) is 16.1 Å². The van der Waals surface area contributed by atoms with E-state index < -0.39 is 0 Å². The van der Waals surface area contributed by atoms with Gasteiger partial charge in [0.05, 0.1) is 6.54 Å². The third-order valence-corrected chi connectivity index (χ3v) is 3.42. The average molecular weight is 294 g/mol. The Morgan fingerprint density at radius 3 is 2.77 bits per heavy atom. The van der Waals surface area contributed by atoms with Crippen molar-refractivity contribution in [3.63, 3.8) is 0 Å². The van der Waals surface area contributed by atoms with Crippen LogP contribution in [0.15, 0.2) is 54.6 Å². The number of nitrogens with one attached hydrogen (secondary N) is 2. The van der Waals surface area contributed by atoms with Gasteiger partial charge in [0.2, 0.25) is 0 Å². The fourth-order valence-electron chi connectivity index (χ4n) is 2.32. The Kier molecular flexibility index (Phi) is 4.10. The average Bonchev–Trinajstić information content (AvgIpc) is 2.95. The summed E-state index contributed by atoms with van der Waals surface area (Å²) in [5.41, 5.74) is 2.71. The lowest BCUT2D eigenvalue weighted by atomic mass is 10.2. The number of aromatic amines is 1. The molecule has 4 heteroatoms. The third kappa shape index (κ3) is 3.28. The Bertz CT molecular complexity index is 778. The van der Waals surface area contributed by atoms with E-state index in [0.29, 0.717) is 18.8 Å². The lowest BCUT2D eigenvalue weighted by molar-refractivity contribution is 0.0943. The Labute approximate surface area is 129 Å². The van der Waals surface area contributed by atoms with Crippen molar-refractivity contribution >= 4 is 16.8 Å². The summed E-state index contributed by atoms with van der Waals surface area (Å²) in [6.07, 6.45) is 0. The second-order valence-electron chi connectivity index (χ2n) is 5.19. The normalized spacial score (nSPS) is 10.6. The molecule has 0 aliphatic carbocycles. The van der Waals surface area contributed by atoms with E-state index in [1.165, 1.54) is 5.56 Å². The van der Waals surface area contributed by atoms with Gasteiger partial charge in [-0.2, -0.15) is 0 Å². The first-order valence-electron chi connectivity index (χ1n) is 7.28. The summed E-state index contributed by atoms with van der Waals surface area (Å²) in [5, 5.41) is 3.90. The predicted molar refractivity (Wildman–Crippen MR) is 87.3 cm³/mol. The highest BCUT2D eigenvalue weighted by atomic mass is 16.5. The Morgan fingerprint density at radius 1 is 1.14 bits per heavy atom. The predicted octanol–water partition coefficient (Wildman–Crippen LogP) is 3.29. The van der Waals surface area contributed by atoms with Crippen molar-refractivity contribution in [2.24, 2.45) is 0 Å². The van der Waals surface area contributed by atoms with Gasteiger partial charge < -0.3 is 15.0 Å². The number of amides is 1. The van der Waals surface area contributed by atoms with Gasteiger partial charge in [-0.25, -0.2) is 0 Å². The van der Waals surface area contributed by atoms with Gasteiger partial charge in [-0.05, 0) is 37.3 Å². The minimum atomic E-state index is -0.120. The van der Waals surface area contributed by atoms with E-state index in [-0.39, 0.29) is 5.91 Å². The van der Waals surface area contributed by atoms with Crippen LogP contribution in [0.4, 0.5) is 0 Å². The number of ether oxygens (including phenoxy) is 1. The second-order valence-corrected chi connectivity index (χ2v) is 5.19. The molecule has 3 aromatic rings. The van der Waals surface area contributed by atoms with Gasteiger partial charge >= 0.3 is 0 Å². The summed E-state index contributed by atoms with van der Waals surface area (Å²) < 4.78 is 5.54. The minimum absolute atomic E-state index is 0.120. The second kappa shape index (κ2) is 6.35. The molecule has 1 heterocycles. The number of aromatic nitrogens is 1. The molecule has 1 aromatic heterocycles. The number of fused-ring (bicyclic) bond motifs is 1. The number of para-hydroxylation sites is 1. The zero-order valence-corrected chi connectivity index (χ0v) is 12.4. The monoisotopic (exact) mass is 294 g/mol. The van der Waals surface area contributed by atoms with Crippen LogP contribution in [0.3, 0.4) is 0 Å². The van der Waals surface area contributed by atoms with E-state index in [0.717, 1.165) is 16.7 Å². The molecule has 22 heavy (non-hydrogen) atoms. The number of hydrogen-bond donors (Lipinski definition) is 2. The molecule has 1 amide bonds. The molecule has 0 aliphatic rings. The van der Waals surface area contributed by atoms with Crippen molar-refractivity contribution in [3.8, 4) is 5.75 Å². The largest absolute Gasteiger partial charge is 0.492 e. The zero-order chi connectivity index (χ0) is 15.4. The van der Waals surface area contributed by atoms with Crippen LogP contribution < -0.4 is 10.1 Å². The molecule has 2 N–H and O–H groups in total. The molecule has 0 spiro atoms. The van der Waals surface area contributed by atoms with Crippen LogP contribution in [-0.2, 0) is 0 Å². The molecule has 4 nitrogen and oxygen atoms in total. The quantitative estimate of drug-likeness (QED) is 0.709. The van der Waals surface area contributed by atoms with E-state index in [1.807, 2.05) is 55.5 Å². The van der Waals surface area contributed by atoms with Crippen LogP contribution in [0.5, 0.6) is 5.75 Å². The fourth-order valence-corrected chi connectivity index (χ4v) is 2.32. The number of H-pyrrole nitrogens is 1. The smallest absolute Gasteiger partial charge is 0.267 e. The number of rotatable bonds is 5. The highest BCUT2D eigenvalue weighted by Crippen LogP contribution is 2.16. The van der Waals surface area contributed by atoms with Crippen molar-refractivity contribution < 1.29 is 9.53 Å². The molecule has 112 valence electrons. The Hall–Kier alpha value is -2.75. The standard InChI is InChI=1S/C18H18N2O2/c1-13-7-8-16-14(11-13)12-17(20-16)18(21)19-9-10-22-15-5-3-2-4-6-15/h2-8,11-12,20H,9-10H2,1H3,(H,19,21). The maximum absolute atomic E-state index is 12.1. The van der Waals surface area contributed by atoms with Crippen LogP contribution in [0.25, 0.3) is 10.9 Å². The van der Waals surface area contributed by atoms with Crippen LogP contribution in [0.2, 0.25) is 0 Å². The molecule has 2 aromatic carbocycles. The first-order valence-corrected chi connectivity index (χ1v) is 7.28. The van der Waals surface area contributed by atoms with Gasteiger partial charge in [0.15, 0.2) is 0 Å². The highest BCUT2D eigenvalue weighted by Gasteiger charge is 2.08. The summed E-state index contributed by atoms with van der Waals surface area (Å²) in [4.78, 5) is 15.2. The van der Waals surface area contributed by atoms with E-state index in [1.54, 1.807) is 0 Å². The molecular formula is C18H18N2O2. The SMILES string of the molecule is Cc1ccc2[nH]c(C(=O)NCCOc3ccccc3)cc2c1. The molecule has 0 aliphatic heterocycles. The number of hydrogen-bond acceptors (Lipinski definition) is 2. The number of carbonyl (C=O) groups excluding carboxylic acids is 1. The molecule has 0 atom stereocenters.